The van der Waals surface area contributed by atoms with Crippen molar-refractivity contribution >= 4 is 27.5 Å². The van der Waals surface area contributed by atoms with Crippen molar-refractivity contribution < 1.29 is 13.2 Å². The molecule has 0 aliphatic rings. The first-order chi connectivity index (χ1) is 12.6. The van der Waals surface area contributed by atoms with Gasteiger partial charge in [-0.3, -0.25) is 4.79 Å². The van der Waals surface area contributed by atoms with E-state index in [1.165, 1.54) is 18.2 Å². The molecule has 27 heavy (non-hydrogen) atoms. The summed E-state index contributed by atoms with van der Waals surface area (Å²) < 4.78 is 27.3. The molecule has 2 rings (SSSR count). The molecular formula is C20H25ClN2O3S. The minimum absolute atomic E-state index is 0.00846. The van der Waals surface area contributed by atoms with Crippen LogP contribution < -0.4 is 10.0 Å². The van der Waals surface area contributed by atoms with Gasteiger partial charge in [0.05, 0.1) is 21.5 Å². The highest BCUT2D eigenvalue weighted by molar-refractivity contribution is 7.89. The van der Waals surface area contributed by atoms with E-state index in [-0.39, 0.29) is 27.6 Å². The Morgan fingerprint density at radius 1 is 1.11 bits per heavy atom. The van der Waals surface area contributed by atoms with Crippen LogP contribution in [0.15, 0.2) is 47.4 Å². The number of benzene rings is 2. The number of carbonyl (C=O) groups excluding carboxylic acids is 1. The zero-order valence-electron chi connectivity index (χ0n) is 15.9. The number of aryl methyl sites for hydroxylation is 1. The average Bonchev–Trinajstić information content (AvgIpc) is 2.59. The summed E-state index contributed by atoms with van der Waals surface area (Å²) >= 11 is 6.16. The van der Waals surface area contributed by atoms with Crippen molar-refractivity contribution in [3.05, 3.63) is 64.2 Å². The number of amides is 1. The van der Waals surface area contributed by atoms with Crippen LogP contribution in [0.3, 0.4) is 0 Å². The molecule has 0 aliphatic carbocycles. The summed E-state index contributed by atoms with van der Waals surface area (Å²) in [7, 11) is -3.71. The second-order valence-corrected chi connectivity index (χ2v) is 8.88. The van der Waals surface area contributed by atoms with Crippen LogP contribution in [0.5, 0.6) is 0 Å². The Labute approximate surface area is 166 Å². The number of hydrogen-bond donors (Lipinski definition) is 2. The van der Waals surface area contributed by atoms with Crippen molar-refractivity contribution in [3.63, 3.8) is 0 Å². The molecule has 7 heteroatoms. The fourth-order valence-corrected chi connectivity index (χ4v) is 4.16. The van der Waals surface area contributed by atoms with Crippen LogP contribution >= 0.6 is 11.6 Å². The predicted octanol–water partition coefficient (Wildman–Crippen LogP) is 4.22. The van der Waals surface area contributed by atoms with Crippen LogP contribution in [-0.4, -0.2) is 20.4 Å². The molecule has 2 aromatic rings. The third-order valence-corrected chi connectivity index (χ3v) is 6.06. The van der Waals surface area contributed by atoms with E-state index in [0.29, 0.717) is 6.42 Å². The molecule has 0 heterocycles. The molecule has 0 aliphatic heterocycles. The molecule has 0 saturated carbocycles. The highest BCUT2D eigenvalue weighted by Crippen LogP contribution is 2.23. The molecule has 2 aromatic carbocycles. The second kappa shape index (κ2) is 8.87. The van der Waals surface area contributed by atoms with Crippen molar-refractivity contribution in [1.82, 2.24) is 10.0 Å². The van der Waals surface area contributed by atoms with Gasteiger partial charge in [0.2, 0.25) is 10.0 Å². The molecule has 1 unspecified atom stereocenters. The van der Waals surface area contributed by atoms with Crippen LogP contribution in [0, 0.1) is 6.92 Å². The van der Waals surface area contributed by atoms with Gasteiger partial charge in [-0.05, 0) is 51.0 Å². The summed E-state index contributed by atoms with van der Waals surface area (Å²) in [4.78, 5) is 12.8. The largest absolute Gasteiger partial charge is 0.345 e. The van der Waals surface area contributed by atoms with Gasteiger partial charge in [-0.15, -0.1) is 0 Å². The minimum atomic E-state index is -3.71. The summed E-state index contributed by atoms with van der Waals surface area (Å²) in [6, 6.07) is 11.6. The zero-order chi connectivity index (χ0) is 20.2. The monoisotopic (exact) mass is 408 g/mol. The van der Waals surface area contributed by atoms with Crippen molar-refractivity contribution in [2.24, 2.45) is 0 Å². The van der Waals surface area contributed by atoms with Gasteiger partial charge in [-0.1, -0.05) is 48.4 Å². The molecule has 0 radical (unpaired) electrons. The topological polar surface area (TPSA) is 75.3 Å². The maximum atomic E-state index is 12.8. The van der Waals surface area contributed by atoms with Gasteiger partial charge < -0.3 is 5.32 Å². The Bertz CT molecular complexity index is 909. The molecule has 0 spiro atoms. The van der Waals surface area contributed by atoms with Gasteiger partial charge in [0.1, 0.15) is 0 Å². The standard InChI is InChI=1S/C20H25ClN2O3S/c1-5-19(15-8-6-14(4)7-9-15)22-20(24)17-12-16(10-11-18(17)21)27(25,26)23-13(2)3/h6-13,19,23H,5H2,1-4H3,(H,22,24). The summed E-state index contributed by atoms with van der Waals surface area (Å²) in [6.45, 7) is 7.43. The van der Waals surface area contributed by atoms with Crippen LogP contribution in [0.25, 0.3) is 0 Å². The molecule has 1 atom stereocenters. The Morgan fingerprint density at radius 2 is 1.74 bits per heavy atom. The van der Waals surface area contributed by atoms with Crippen molar-refractivity contribution in [1.29, 1.82) is 0 Å². The van der Waals surface area contributed by atoms with E-state index in [1.54, 1.807) is 13.8 Å². The van der Waals surface area contributed by atoms with Gasteiger partial charge in [-0.25, -0.2) is 13.1 Å². The normalized spacial score (nSPS) is 12.8. The molecule has 0 saturated heterocycles. The quantitative estimate of drug-likeness (QED) is 0.720. The third kappa shape index (κ3) is 5.54. The molecule has 1 amide bonds. The molecule has 2 N–H and O–H groups in total. The van der Waals surface area contributed by atoms with Crippen molar-refractivity contribution in [2.75, 3.05) is 0 Å². The fraction of sp³-hybridized carbons (Fsp3) is 0.350. The van der Waals surface area contributed by atoms with Gasteiger partial charge in [0, 0.05) is 6.04 Å². The van der Waals surface area contributed by atoms with Gasteiger partial charge in [0.15, 0.2) is 0 Å². The number of nitrogens with one attached hydrogen (secondary N) is 2. The van der Waals surface area contributed by atoms with E-state index < -0.39 is 15.9 Å². The Hall–Kier alpha value is -1.89. The van der Waals surface area contributed by atoms with E-state index in [1.807, 2.05) is 38.1 Å². The lowest BCUT2D eigenvalue weighted by molar-refractivity contribution is 0.0935. The Balaban J connectivity index is 2.29. The SMILES string of the molecule is CCC(NC(=O)c1cc(S(=O)(=O)NC(C)C)ccc1Cl)c1ccc(C)cc1. The van der Waals surface area contributed by atoms with Crippen LogP contribution in [0.1, 0.15) is 54.7 Å². The van der Waals surface area contributed by atoms with Crippen LogP contribution in [0.4, 0.5) is 0 Å². The van der Waals surface area contributed by atoms with Crippen LogP contribution in [0.2, 0.25) is 5.02 Å². The number of rotatable bonds is 7. The van der Waals surface area contributed by atoms with Gasteiger partial charge >= 0.3 is 0 Å². The number of sulfonamides is 1. The Kier molecular flexibility index (Phi) is 7.03. The lowest BCUT2D eigenvalue weighted by Crippen LogP contribution is -2.31. The van der Waals surface area contributed by atoms with Crippen molar-refractivity contribution in [2.45, 2.75) is 51.1 Å². The average molecular weight is 409 g/mol. The van der Waals surface area contributed by atoms with Crippen LogP contribution in [-0.2, 0) is 10.0 Å². The fourth-order valence-electron chi connectivity index (χ4n) is 2.68. The molecule has 0 aromatic heterocycles. The molecule has 5 nitrogen and oxygen atoms in total. The highest BCUT2D eigenvalue weighted by Gasteiger charge is 2.21. The van der Waals surface area contributed by atoms with E-state index in [4.69, 9.17) is 11.6 Å². The second-order valence-electron chi connectivity index (χ2n) is 6.76. The first kappa shape index (κ1) is 21.4. The predicted molar refractivity (Wildman–Crippen MR) is 109 cm³/mol. The summed E-state index contributed by atoms with van der Waals surface area (Å²) in [5.41, 5.74) is 2.25. The van der Waals surface area contributed by atoms with Gasteiger partial charge in [-0.2, -0.15) is 0 Å². The molecule has 0 fully saturated rings. The van der Waals surface area contributed by atoms with E-state index >= 15 is 0 Å². The van der Waals surface area contributed by atoms with Crippen molar-refractivity contribution in [3.8, 4) is 0 Å². The first-order valence-electron chi connectivity index (χ1n) is 8.83. The maximum Gasteiger partial charge on any atom is 0.253 e. The maximum absolute atomic E-state index is 12.8. The number of hydrogen-bond acceptors (Lipinski definition) is 3. The number of halogens is 1. The first-order valence-corrected chi connectivity index (χ1v) is 10.7. The molecule has 0 bridgehead atoms. The lowest BCUT2D eigenvalue weighted by atomic mass is 10.0. The summed E-state index contributed by atoms with van der Waals surface area (Å²) in [5, 5.41) is 3.14. The minimum Gasteiger partial charge on any atom is -0.345 e. The summed E-state index contributed by atoms with van der Waals surface area (Å²) in [6.07, 6.45) is 0.694. The Morgan fingerprint density at radius 3 is 2.30 bits per heavy atom. The third-order valence-electron chi connectivity index (χ3n) is 4.08. The number of carbonyl (C=O) groups is 1. The summed E-state index contributed by atoms with van der Waals surface area (Å²) in [5.74, 6) is -0.408. The smallest absolute Gasteiger partial charge is 0.253 e. The van der Waals surface area contributed by atoms with E-state index in [9.17, 15) is 13.2 Å². The lowest BCUT2D eigenvalue weighted by Gasteiger charge is -2.19. The zero-order valence-corrected chi connectivity index (χ0v) is 17.5. The molecule has 146 valence electrons. The van der Waals surface area contributed by atoms with Gasteiger partial charge in [0.25, 0.3) is 5.91 Å². The van der Waals surface area contributed by atoms with E-state index in [0.717, 1.165) is 11.1 Å². The highest BCUT2D eigenvalue weighted by atomic mass is 35.5. The molecular weight excluding hydrogens is 384 g/mol. The van der Waals surface area contributed by atoms with E-state index in [2.05, 4.69) is 10.0 Å².